The predicted molar refractivity (Wildman–Crippen MR) is 186 cm³/mol. The lowest BCUT2D eigenvalue weighted by molar-refractivity contribution is -0.120. The van der Waals surface area contributed by atoms with Crippen LogP contribution in [0.2, 0.25) is 0 Å². The highest BCUT2D eigenvalue weighted by molar-refractivity contribution is 6.06. The normalized spacial score (nSPS) is 19.0. The molecule has 6 rings (SSSR count). The number of benzene rings is 3. The molecular weight excluding hydrogens is 584 g/mol. The Bertz CT molecular complexity index is 1730. The summed E-state index contributed by atoms with van der Waals surface area (Å²) in [7, 11) is 0. The molecule has 0 unspecified atom stereocenters. The second-order valence-electron chi connectivity index (χ2n) is 15.1. The first-order valence-corrected chi connectivity index (χ1v) is 16.7. The summed E-state index contributed by atoms with van der Waals surface area (Å²) in [4.78, 5) is 43.2. The van der Waals surface area contributed by atoms with E-state index in [4.69, 9.17) is 4.74 Å². The van der Waals surface area contributed by atoms with E-state index in [2.05, 4.69) is 62.2 Å². The van der Waals surface area contributed by atoms with Crippen molar-refractivity contribution in [3.63, 3.8) is 0 Å². The number of Topliss-reactive ketones (excluding diaryl/α,β-unsaturated/α-hetero) is 2. The highest BCUT2D eigenvalue weighted by Crippen LogP contribution is 2.54. The number of allylic oxidation sites excluding steroid dienone is 4. The Kier molecular flexibility index (Phi) is 8.73. The van der Waals surface area contributed by atoms with Gasteiger partial charge < -0.3 is 15.0 Å². The average molecular weight is 631 g/mol. The van der Waals surface area contributed by atoms with E-state index in [-0.39, 0.29) is 34.9 Å². The van der Waals surface area contributed by atoms with E-state index in [9.17, 15) is 14.4 Å². The summed E-state index contributed by atoms with van der Waals surface area (Å²) >= 11 is 0. The molecule has 244 valence electrons. The molecule has 0 bridgehead atoms. The Hall–Kier alpha value is -4.45. The summed E-state index contributed by atoms with van der Waals surface area (Å²) in [5.74, 6) is 0.152. The fraction of sp³-hybridized carbons (Fsp3) is 0.390. The number of aryl methyl sites for hydroxylation is 2. The number of carbonyl (C=O) groups excluding carboxylic acids is 3. The molecule has 1 aliphatic heterocycles. The minimum atomic E-state index is -0.415. The standard InChI is InChI=1S/C41H46N2O4/c1-26-12-17-31(27(2)20-26)42-36(46)25-47-30-15-13-29(14-16-30)37-38-32(21-40(3,4)23-34(38)44)43(19-18-28-10-8-7-9-11-28)33-22-41(5,6)24-35(45)39(33)37/h7-17,20,37H,18-19,21-25H2,1-6H3,(H,42,46). The summed E-state index contributed by atoms with van der Waals surface area (Å²) in [6.07, 6.45) is 3.29. The summed E-state index contributed by atoms with van der Waals surface area (Å²) in [6.45, 7) is 13.3. The zero-order valence-electron chi connectivity index (χ0n) is 28.5. The fourth-order valence-electron chi connectivity index (χ4n) is 7.58. The van der Waals surface area contributed by atoms with E-state index >= 15 is 0 Å². The number of anilines is 1. The van der Waals surface area contributed by atoms with Gasteiger partial charge in [0, 0.05) is 53.5 Å². The van der Waals surface area contributed by atoms with Crippen LogP contribution in [0.1, 0.15) is 81.5 Å². The maximum Gasteiger partial charge on any atom is 0.262 e. The Labute approximate surface area is 278 Å². The van der Waals surface area contributed by atoms with Gasteiger partial charge in [0.1, 0.15) is 5.75 Å². The first-order valence-electron chi connectivity index (χ1n) is 16.7. The number of nitrogens with one attached hydrogen (secondary N) is 1. The molecule has 6 nitrogen and oxygen atoms in total. The van der Waals surface area contributed by atoms with Gasteiger partial charge in [-0.15, -0.1) is 0 Å². The SMILES string of the molecule is Cc1ccc(NC(=O)COc2ccc(C3C4=C(CC(C)(C)CC4=O)N(CCc4ccccc4)C4=C3C(=O)CC(C)(C)C4)cc2)c(C)c1. The second kappa shape index (κ2) is 12.6. The zero-order valence-corrected chi connectivity index (χ0v) is 28.5. The molecule has 3 aliphatic rings. The third-order valence-corrected chi connectivity index (χ3v) is 9.73. The van der Waals surface area contributed by atoms with Crippen molar-refractivity contribution in [2.75, 3.05) is 18.5 Å². The number of rotatable bonds is 8. The number of nitrogens with zero attached hydrogens (tertiary/aromatic N) is 1. The highest BCUT2D eigenvalue weighted by Gasteiger charge is 2.48. The minimum Gasteiger partial charge on any atom is -0.484 e. The zero-order chi connectivity index (χ0) is 33.5. The van der Waals surface area contributed by atoms with E-state index in [0.717, 1.165) is 70.7 Å². The van der Waals surface area contributed by atoms with E-state index < -0.39 is 5.92 Å². The molecule has 0 fully saturated rings. The lowest BCUT2D eigenvalue weighted by atomic mass is 9.63. The lowest BCUT2D eigenvalue weighted by Crippen LogP contribution is -2.45. The molecular formula is C41H46N2O4. The van der Waals surface area contributed by atoms with Gasteiger partial charge in [0.2, 0.25) is 0 Å². The van der Waals surface area contributed by atoms with Gasteiger partial charge in [0.05, 0.1) is 0 Å². The number of hydrogen-bond acceptors (Lipinski definition) is 5. The third-order valence-electron chi connectivity index (χ3n) is 9.73. The van der Waals surface area contributed by atoms with Gasteiger partial charge in [-0.05, 0) is 78.8 Å². The molecule has 6 heteroatoms. The molecule has 1 amide bonds. The van der Waals surface area contributed by atoms with E-state index in [1.165, 1.54) is 5.56 Å². The van der Waals surface area contributed by atoms with Gasteiger partial charge in [-0.25, -0.2) is 0 Å². The smallest absolute Gasteiger partial charge is 0.262 e. The molecule has 47 heavy (non-hydrogen) atoms. The molecule has 0 aromatic heterocycles. The first-order chi connectivity index (χ1) is 22.3. The monoisotopic (exact) mass is 630 g/mol. The number of carbonyl (C=O) groups is 3. The summed E-state index contributed by atoms with van der Waals surface area (Å²) in [6, 6.07) is 23.9. The van der Waals surface area contributed by atoms with Crippen LogP contribution in [0.4, 0.5) is 5.69 Å². The van der Waals surface area contributed by atoms with Crippen LogP contribution < -0.4 is 10.1 Å². The van der Waals surface area contributed by atoms with Crippen molar-refractivity contribution < 1.29 is 19.1 Å². The van der Waals surface area contributed by atoms with Crippen molar-refractivity contribution in [1.29, 1.82) is 0 Å². The van der Waals surface area contributed by atoms with E-state index in [0.29, 0.717) is 18.6 Å². The van der Waals surface area contributed by atoms with Gasteiger partial charge in [-0.1, -0.05) is 87.9 Å². The van der Waals surface area contributed by atoms with Gasteiger partial charge in [-0.3, -0.25) is 14.4 Å². The molecule has 0 saturated carbocycles. The summed E-state index contributed by atoms with van der Waals surface area (Å²) in [5, 5.41) is 2.92. The van der Waals surface area contributed by atoms with Crippen LogP contribution in [0.15, 0.2) is 95.3 Å². The number of ketones is 2. The van der Waals surface area contributed by atoms with E-state index in [1.807, 2.05) is 62.4 Å². The highest BCUT2D eigenvalue weighted by atomic mass is 16.5. The van der Waals surface area contributed by atoms with Gasteiger partial charge in [0.25, 0.3) is 5.91 Å². The molecule has 0 saturated heterocycles. The van der Waals surface area contributed by atoms with Gasteiger partial charge >= 0.3 is 0 Å². The molecule has 0 atom stereocenters. The Morgan fingerprint density at radius 2 is 1.40 bits per heavy atom. The molecule has 2 aliphatic carbocycles. The van der Waals surface area contributed by atoms with Crippen LogP contribution >= 0.6 is 0 Å². The fourth-order valence-corrected chi connectivity index (χ4v) is 7.58. The third kappa shape index (κ3) is 6.97. The topological polar surface area (TPSA) is 75.7 Å². The predicted octanol–water partition coefficient (Wildman–Crippen LogP) is 8.25. The Balaban J connectivity index is 1.31. The van der Waals surface area contributed by atoms with Crippen LogP contribution in [-0.2, 0) is 20.8 Å². The largest absolute Gasteiger partial charge is 0.484 e. The molecule has 3 aromatic rings. The molecule has 3 aromatic carbocycles. The van der Waals surface area contributed by atoms with Crippen LogP contribution in [0.25, 0.3) is 0 Å². The number of amides is 1. The van der Waals surface area contributed by atoms with Gasteiger partial charge in [0.15, 0.2) is 18.2 Å². The van der Waals surface area contributed by atoms with Crippen molar-refractivity contribution in [1.82, 2.24) is 4.90 Å². The summed E-state index contributed by atoms with van der Waals surface area (Å²) < 4.78 is 5.87. The summed E-state index contributed by atoms with van der Waals surface area (Å²) in [5.41, 5.74) is 8.37. The Morgan fingerprint density at radius 1 is 0.809 bits per heavy atom. The van der Waals surface area contributed by atoms with Gasteiger partial charge in [-0.2, -0.15) is 0 Å². The average Bonchev–Trinajstić information content (AvgIpc) is 3.00. The molecule has 0 radical (unpaired) electrons. The van der Waals surface area contributed by atoms with Crippen molar-refractivity contribution in [3.8, 4) is 5.75 Å². The maximum atomic E-state index is 14.1. The van der Waals surface area contributed by atoms with Crippen LogP contribution in [0.3, 0.4) is 0 Å². The quantitative estimate of drug-likeness (QED) is 0.271. The number of hydrogen-bond donors (Lipinski definition) is 1. The lowest BCUT2D eigenvalue weighted by Gasteiger charge is -2.49. The Morgan fingerprint density at radius 3 is 1.98 bits per heavy atom. The molecule has 1 heterocycles. The first kappa shape index (κ1) is 32.5. The van der Waals surface area contributed by atoms with Crippen LogP contribution in [0.5, 0.6) is 5.75 Å². The maximum absolute atomic E-state index is 14.1. The molecule has 1 N–H and O–H groups in total. The number of ether oxygens (including phenoxy) is 1. The van der Waals surface area contributed by atoms with Crippen LogP contribution in [0, 0.1) is 24.7 Å². The minimum absolute atomic E-state index is 0.124. The van der Waals surface area contributed by atoms with Crippen molar-refractivity contribution in [3.05, 3.63) is 118 Å². The second-order valence-corrected chi connectivity index (χ2v) is 15.1. The van der Waals surface area contributed by atoms with Crippen molar-refractivity contribution in [2.45, 2.75) is 79.6 Å². The molecule has 0 spiro atoms. The van der Waals surface area contributed by atoms with Crippen molar-refractivity contribution >= 4 is 23.2 Å². The van der Waals surface area contributed by atoms with Crippen LogP contribution in [-0.4, -0.2) is 35.5 Å². The van der Waals surface area contributed by atoms with E-state index in [1.54, 1.807) is 0 Å². The van der Waals surface area contributed by atoms with Crippen molar-refractivity contribution in [2.24, 2.45) is 10.8 Å².